The summed E-state index contributed by atoms with van der Waals surface area (Å²) in [5.41, 5.74) is 2.95. The van der Waals surface area contributed by atoms with Gasteiger partial charge >= 0.3 is 5.97 Å². The smallest absolute Gasteiger partial charge is 0.313 e. The molecule has 3 aromatic rings. The lowest BCUT2D eigenvalue weighted by Crippen LogP contribution is -2.11. The van der Waals surface area contributed by atoms with Crippen LogP contribution in [0.1, 0.15) is 18.3 Å². The predicted molar refractivity (Wildman–Crippen MR) is 94.0 cm³/mol. The topological polar surface area (TPSA) is 44.1 Å². The lowest BCUT2D eigenvalue weighted by Gasteiger charge is -2.07. The highest BCUT2D eigenvalue weighted by molar-refractivity contribution is 5.72. The first-order chi connectivity index (χ1) is 12.1. The molecule has 0 N–H and O–H groups in total. The maximum Gasteiger partial charge on any atom is 0.313 e. The van der Waals surface area contributed by atoms with Crippen LogP contribution >= 0.6 is 0 Å². The fraction of sp³-hybridized carbons (Fsp3) is 0.200. The van der Waals surface area contributed by atoms with E-state index in [0.717, 1.165) is 11.3 Å². The Hall–Kier alpha value is -2.95. The fourth-order valence-electron chi connectivity index (χ4n) is 2.64. The number of aromatic nitrogens is 2. The van der Waals surface area contributed by atoms with Crippen LogP contribution in [0, 0.1) is 12.7 Å². The van der Waals surface area contributed by atoms with Crippen molar-refractivity contribution in [3.63, 3.8) is 0 Å². The molecule has 0 unspecified atom stereocenters. The monoisotopic (exact) mass is 338 g/mol. The standard InChI is InChI=1S/C20H19FN2O2/c1-3-25-20(24)12-19-22-18(15-9-10-17(21)14(2)11-15)13-23(19)16-7-5-4-6-8-16/h4-11,13H,3,12H2,1-2H3. The summed E-state index contributed by atoms with van der Waals surface area (Å²) >= 11 is 0. The Bertz CT molecular complexity index is 888. The van der Waals surface area contributed by atoms with E-state index in [1.54, 1.807) is 26.0 Å². The van der Waals surface area contributed by atoms with Gasteiger partial charge in [0.05, 0.1) is 12.3 Å². The van der Waals surface area contributed by atoms with E-state index in [-0.39, 0.29) is 18.2 Å². The summed E-state index contributed by atoms with van der Waals surface area (Å²) in [6.45, 7) is 3.82. The van der Waals surface area contributed by atoms with Gasteiger partial charge in [0.2, 0.25) is 0 Å². The number of benzene rings is 2. The number of ether oxygens (including phenoxy) is 1. The second-order valence-corrected chi connectivity index (χ2v) is 5.69. The molecule has 25 heavy (non-hydrogen) atoms. The molecule has 0 bridgehead atoms. The van der Waals surface area contributed by atoms with Crippen LogP contribution in [0.4, 0.5) is 4.39 Å². The number of aryl methyl sites for hydroxylation is 1. The lowest BCUT2D eigenvalue weighted by atomic mass is 10.1. The Kier molecular flexibility index (Phi) is 4.93. The van der Waals surface area contributed by atoms with Crippen molar-refractivity contribution < 1.29 is 13.9 Å². The Balaban J connectivity index is 2.04. The summed E-state index contributed by atoms with van der Waals surface area (Å²) in [6, 6.07) is 14.5. The number of carbonyl (C=O) groups excluding carboxylic acids is 1. The van der Waals surface area contributed by atoms with E-state index in [0.29, 0.717) is 23.7 Å². The molecule has 0 saturated heterocycles. The Morgan fingerprint density at radius 1 is 1.20 bits per heavy atom. The van der Waals surface area contributed by atoms with Gasteiger partial charge in [-0.1, -0.05) is 18.2 Å². The lowest BCUT2D eigenvalue weighted by molar-refractivity contribution is -0.142. The third-order valence-electron chi connectivity index (χ3n) is 3.87. The molecule has 0 atom stereocenters. The van der Waals surface area contributed by atoms with Crippen LogP contribution in [0.5, 0.6) is 0 Å². The summed E-state index contributed by atoms with van der Waals surface area (Å²) < 4.78 is 20.4. The number of carbonyl (C=O) groups is 1. The Morgan fingerprint density at radius 3 is 2.64 bits per heavy atom. The Labute approximate surface area is 145 Å². The van der Waals surface area contributed by atoms with E-state index in [2.05, 4.69) is 4.98 Å². The molecule has 4 nitrogen and oxygen atoms in total. The van der Waals surface area contributed by atoms with Gasteiger partial charge in [-0.25, -0.2) is 9.37 Å². The number of hydrogen-bond donors (Lipinski definition) is 0. The molecule has 0 amide bonds. The van der Waals surface area contributed by atoms with Crippen molar-refractivity contribution in [2.75, 3.05) is 6.61 Å². The van der Waals surface area contributed by atoms with Gasteiger partial charge in [0.25, 0.3) is 0 Å². The maximum atomic E-state index is 13.5. The molecule has 0 aliphatic rings. The molecule has 3 rings (SSSR count). The largest absolute Gasteiger partial charge is 0.466 e. The minimum atomic E-state index is -0.327. The van der Waals surface area contributed by atoms with Gasteiger partial charge in [-0.3, -0.25) is 4.79 Å². The van der Waals surface area contributed by atoms with Crippen molar-refractivity contribution in [2.24, 2.45) is 0 Å². The summed E-state index contributed by atoms with van der Waals surface area (Å²) in [6.07, 6.45) is 1.93. The zero-order chi connectivity index (χ0) is 17.8. The first-order valence-corrected chi connectivity index (χ1v) is 8.14. The average molecular weight is 338 g/mol. The van der Waals surface area contributed by atoms with Gasteiger partial charge in [-0.2, -0.15) is 0 Å². The maximum absolute atomic E-state index is 13.5. The van der Waals surface area contributed by atoms with Gasteiger partial charge in [-0.15, -0.1) is 0 Å². The third-order valence-corrected chi connectivity index (χ3v) is 3.87. The number of imidazole rings is 1. The molecule has 2 aromatic carbocycles. The van der Waals surface area contributed by atoms with Crippen molar-refractivity contribution in [1.82, 2.24) is 9.55 Å². The normalized spacial score (nSPS) is 10.7. The Morgan fingerprint density at radius 2 is 1.96 bits per heavy atom. The van der Waals surface area contributed by atoms with Gasteiger partial charge in [0.15, 0.2) is 0 Å². The number of nitrogens with zero attached hydrogens (tertiary/aromatic N) is 2. The second-order valence-electron chi connectivity index (χ2n) is 5.69. The zero-order valence-electron chi connectivity index (χ0n) is 14.2. The van der Waals surface area contributed by atoms with Crippen molar-refractivity contribution in [3.05, 3.63) is 71.9 Å². The summed E-state index contributed by atoms with van der Waals surface area (Å²) in [7, 11) is 0. The predicted octanol–water partition coefficient (Wildman–Crippen LogP) is 4.09. The average Bonchev–Trinajstić information content (AvgIpc) is 3.02. The first-order valence-electron chi connectivity index (χ1n) is 8.14. The number of esters is 1. The van der Waals surface area contributed by atoms with Crippen molar-refractivity contribution in [1.29, 1.82) is 0 Å². The molecule has 0 aliphatic carbocycles. The van der Waals surface area contributed by atoms with Crippen LogP contribution in [0.25, 0.3) is 16.9 Å². The van der Waals surface area contributed by atoms with Crippen LogP contribution in [0.15, 0.2) is 54.7 Å². The molecule has 0 spiro atoms. The van der Waals surface area contributed by atoms with E-state index in [1.165, 1.54) is 6.07 Å². The number of para-hydroxylation sites is 1. The van der Waals surface area contributed by atoms with Crippen LogP contribution < -0.4 is 0 Å². The summed E-state index contributed by atoms with van der Waals surface area (Å²) in [5.74, 6) is 0.00624. The highest BCUT2D eigenvalue weighted by Gasteiger charge is 2.15. The highest BCUT2D eigenvalue weighted by atomic mass is 19.1. The highest BCUT2D eigenvalue weighted by Crippen LogP contribution is 2.24. The van der Waals surface area contributed by atoms with E-state index in [9.17, 15) is 9.18 Å². The fourth-order valence-corrected chi connectivity index (χ4v) is 2.64. The zero-order valence-corrected chi connectivity index (χ0v) is 14.2. The van der Waals surface area contributed by atoms with E-state index in [4.69, 9.17) is 4.74 Å². The molecule has 0 saturated carbocycles. The van der Waals surface area contributed by atoms with Gasteiger partial charge in [0, 0.05) is 17.4 Å². The number of halogens is 1. The number of rotatable bonds is 5. The van der Waals surface area contributed by atoms with Crippen LogP contribution in [-0.2, 0) is 16.0 Å². The van der Waals surface area contributed by atoms with E-state index >= 15 is 0 Å². The molecule has 1 aromatic heterocycles. The molecule has 0 aliphatic heterocycles. The first kappa shape index (κ1) is 16.9. The number of hydrogen-bond acceptors (Lipinski definition) is 3. The molecule has 1 heterocycles. The molecule has 128 valence electrons. The van der Waals surface area contributed by atoms with Crippen LogP contribution in [-0.4, -0.2) is 22.1 Å². The van der Waals surface area contributed by atoms with Crippen LogP contribution in [0.3, 0.4) is 0 Å². The minimum absolute atomic E-state index is 0.0723. The summed E-state index contributed by atoms with van der Waals surface area (Å²) in [4.78, 5) is 16.5. The third kappa shape index (κ3) is 3.76. The van der Waals surface area contributed by atoms with Crippen molar-refractivity contribution in [3.8, 4) is 16.9 Å². The molecule has 5 heteroatoms. The SMILES string of the molecule is CCOC(=O)Cc1nc(-c2ccc(F)c(C)c2)cn1-c1ccccc1. The van der Waals surface area contributed by atoms with Crippen molar-refractivity contribution in [2.45, 2.75) is 20.3 Å². The molecular formula is C20H19FN2O2. The molecule has 0 radical (unpaired) electrons. The molecular weight excluding hydrogens is 319 g/mol. The van der Waals surface area contributed by atoms with Gasteiger partial charge in [0.1, 0.15) is 18.1 Å². The quantitative estimate of drug-likeness (QED) is 0.658. The van der Waals surface area contributed by atoms with Gasteiger partial charge < -0.3 is 9.30 Å². The van der Waals surface area contributed by atoms with E-state index < -0.39 is 0 Å². The van der Waals surface area contributed by atoms with E-state index in [1.807, 2.05) is 41.1 Å². The van der Waals surface area contributed by atoms with Crippen molar-refractivity contribution >= 4 is 5.97 Å². The van der Waals surface area contributed by atoms with Gasteiger partial charge in [-0.05, 0) is 49.7 Å². The minimum Gasteiger partial charge on any atom is -0.466 e. The van der Waals surface area contributed by atoms with Crippen LogP contribution in [0.2, 0.25) is 0 Å². The summed E-state index contributed by atoms with van der Waals surface area (Å²) in [5, 5.41) is 0. The molecule has 0 fully saturated rings. The second kappa shape index (κ2) is 7.30.